The molecule has 2 aromatic carbocycles. The van der Waals surface area contributed by atoms with Crippen LogP contribution in [0.15, 0.2) is 36.4 Å². The van der Waals surface area contributed by atoms with Crippen molar-refractivity contribution in [2.24, 2.45) is 0 Å². The van der Waals surface area contributed by atoms with E-state index in [-0.39, 0.29) is 5.78 Å². The molecule has 0 aliphatic heterocycles. The Bertz CT molecular complexity index is 687. The van der Waals surface area contributed by atoms with Gasteiger partial charge >= 0.3 is 0 Å². The van der Waals surface area contributed by atoms with Crippen molar-refractivity contribution in [3.05, 3.63) is 53.1 Å². The molecule has 0 aliphatic rings. The van der Waals surface area contributed by atoms with Gasteiger partial charge in [0.15, 0.2) is 17.3 Å². The van der Waals surface area contributed by atoms with Crippen LogP contribution in [0.1, 0.15) is 41.3 Å². The van der Waals surface area contributed by atoms with Crippen molar-refractivity contribution in [3.63, 3.8) is 0 Å². The van der Waals surface area contributed by atoms with E-state index in [1.165, 1.54) is 19.8 Å². The predicted octanol–water partition coefficient (Wildman–Crippen LogP) is 4.07. The molecule has 0 fully saturated rings. The van der Waals surface area contributed by atoms with Gasteiger partial charge in [-0.2, -0.15) is 0 Å². The fourth-order valence-electron chi connectivity index (χ4n) is 2.45. The van der Waals surface area contributed by atoms with E-state index >= 15 is 0 Å². The maximum absolute atomic E-state index is 12.8. The van der Waals surface area contributed by atoms with Crippen LogP contribution in [0.5, 0.6) is 17.2 Å². The summed E-state index contributed by atoms with van der Waals surface area (Å²) < 4.78 is 16.0. The maximum Gasteiger partial charge on any atom is 0.204 e. The molecule has 122 valence electrons. The van der Waals surface area contributed by atoms with Gasteiger partial charge in [0.2, 0.25) is 5.75 Å². The van der Waals surface area contributed by atoms with Crippen molar-refractivity contribution in [1.29, 1.82) is 0 Å². The second kappa shape index (κ2) is 7.18. The van der Waals surface area contributed by atoms with E-state index in [9.17, 15) is 4.79 Å². The van der Waals surface area contributed by atoms with Crippen LogP contribution in [-0.4, -0.2) is 27.1 Å². The number of carbonyl (C=O) groups is 1. The smallest absolute Gasteiger partial charge is 0.204 e. The minimum absolute atomic E-state index is 0.113. The molecule has 0 spiro atoms. The lowest BCUT2D eigenvalue weighted by Crippen LogP contribution is -2.06. The first-order valence-corrected chi connectivity index (χ1v) is 7.47. The standard InChI is InChI=1S/C19H22O4/c1-12(2)13-6-8-14(9-7-13)17(20)15-10-11-16(21-3)19(23-5)18(15)22-4/h6-12H,1-5H3. The number of carbonyl (C=O) groups excluding carboxylic acids is 1. The molecule has 0 unspecified atom stereocenters. The summed E-state index contributed by atoms with van der Waals surface area (Å²) in [7, 11) is 4.57. The van der Waals surface area contributed by atoms with Crippen molar-refractivity contribution in [2.45, 2.75) is 19.8 Å². The number of hydrogen-bond acceptors (Lipinski definition) is 4. The molecule has 4 nitrogen and oxygen atoms in total. The van der Waals surface area contributed by atoms with Gasteiger partial charge in [0.1, 0.15) is 0 Å². The third-order valence-electron chi connectivity index (χ3n) is 3.79. The SMILES string of the molecule is COc1ccc(C(=O)c2ccc(C(C)C)cc2)c(OC)c1OC. The average Bonchev–Trinajstić information content (AvgIpc) is 2.59. The highest BCUT2D eigenvalue weighted by Crippen LogP contribution is 2.40. The van der Waals surface area contributed by atoms with E-state index in [2.05, 4.69) is 13.8 Å². The van der Waals surface area contributed by atoms with E-state index in [0.717, 1.165) is 0 Å². The molecule has 0 heterocycles. The van der Waals surface area contributed by atoms with Gasteiger partial charge in [-0.25, -0.2) is 0 Å². The molecule has 0 amide bonds. The van der Waals surface area contributed by atoms with E-state index in [0.29, 0.717) is 34.3 Å². The fraction of sp³-hybridized carbons (Fsp3) is 0.316. The Morgan fingerprint density at radius 2 is 1.43 bits per heavy atom. The Morgan fingerprint density at radius 3 is 1.91 bits per heavy atom. The second-order valence-corrected chi connectivity index (χ2v) is 5.49. The summed E-state index contributed by atoms with van der Waals surface area (Å²) in [6.45, 7) is 4.24. The molecule has 4 heteroatoms. The molecule has 2 aromatic rings. The minimum Gasteiger partial charge on any atom is -0.493 e. The number of rotatable bonds is 6. The molecule has 23 heavy (non-hydrogen) atoms. The van der Waals surface area contributed by atoms with Crippen molar-refractivity contribution < 1.29 is 19.0 Å². The normalized spacial score (nSPS) is 10.5. The molecule has 0 N–H and O–H groups in total. The second-order valence-electron chi connectivity index (χ2n) is 5.49. The molecule has 0 bridgehead atoms. The maximum atomic E-state index is 12.8. The van der Waals surface area contributed by atoms with Crippen LogP contribution in [0, 0.1) is 0 Å². The number of benzene rings is 2. The van der Waals surface area contributed by atoms with Crippen LogP contribution < -0.4 is 14.2 Å². The first-order chi connectivity index (χ1) is 11.0. The summed E-state index contributed by atoms with van der Waals surface area (Å²) in [5, 5.41) is 0. The van der Waals surface area contributed by atoms with Gasteiger partial charge < -0.3 is 14.2 Å². The quantitative estimate of drug-likeness (QED) is 0.754. The van der Waals surface area contributed by atoms with Gasteiger partial charge in [-0.3, -0.25) is 4.79 Å². The Kier molecular flexibility index (Phi) is 5.27. The van der Waals surface area contributed by atoms with Gasteiger partial charge in [-0.15, -0.1) is 0 Å². The third kappa shape index (κ3) is 3.31. The van der Waals surface area contributed by atoms with Crippen molar-refractivity contribution in [3.8, 4) is 17.2 Å². The van der Waals surface area contributed by atoms with E-state index in [1.807, 2.05) is 24.3 Å². The first kappa shape index (κ1) is 16.9. The Hall–Kier alpha value is -2.49. The first-order valence-electron chi connectivity index (χ1n) is 7.47. The molecule has 0 radical (unpaired) electrons. The molecule has 2 rings (SSSR count). The average molecular weight is 314 g/mol. The van der Waals surface area contributed by atoms with Crippen LogP contribution in [-0.2, 0) is 0 Å². The van der Waals surface area contributed by atoms with Gasteiger partial charge in [0.25, 0.3) is 0 Å². The van der Waals surface area contributed by atoms with Gasteiger partial charge in [-0.1, -0.05) is 38.1 Å². The Balaban J connectivity index is 2.46. The monoisotopic (exact) mass is 314 g/mol. The van der Waals surface area contributed by atoms with Crippen LogP contribution in [0.25, 0.3) is 0 Å². The van der Waals surface area contributed by atoms with Crippen LogP contribution >= 0.6 is 0 Å². The van der Waals surface area contributed by atoms with Crippen LogP contribution in [0.4, 0.5) is 0 Å². The highest BCUT2D eigenvalue weighted by atomic mass is 16.5. The highest BCUT2D eigenvalue weighted by molar-refractivity contribution is 6.11. The topological polar surface area (TPSA) is 44.8 Å². The Morgan fingerprint density at radius 1 is 0.826 bits per heavy atom. The van der Waals surface area contributed by atoms with E-state index < -0.39 is 0 Å². The summed E-state index contributed by atoms with van der Waals surface area (Å²) in [4.78, 5) is 12.8. The molecule has 0 aromatic heterocycles. The summed E-state index contributed by atoms with van der Waals surface area (Å²) >= 11 is 0. The summed E-state index contributed by atoms with van der Waals surface area (Å²) in [5.41, 5.74) is 2.25. The molecule has 0 saturated heterocycles. The predicted molar refractivity (Wildman–Crippen MR) is 90.1 cm³/mol. The lowest BCUT2D eigenvalue weighted by Gasteiger charge is -2.15. The zero-order valence-corrected chi connectivity index (χ0v) is 14.2. The zero-order chi connectivity index (χ0) is 17.0. The van der Waals surface area contributed by atoms with Gasteiger partial charge in [0, 0.05) is 5.56 Å². The fourth-order valence-corrected chi connectivity index (χ4v) is 2.45. The zero-order valence-electron chi connectivity index (χ0n) is 14.2. The van der Waals surface area contributed by atoms with Crippen molar-refractivity contribution in [2.75, 3.05) is 21.3 Å². The lowest BCUT2D eigenvalue weighted by atomic mass is 9.97. The molecule has 0 saturated carbocycles. The summed E-state index contributed by atoms with van der Waals surface area (Å²) in [5.74, 6) is 1.63. The highest BCUT2D eigenvalue weighted by Gasteiger charge is 2.21. The number of methoxy groups -OCH3 is 3. The largest absolute Gasteiger partial charge is 0.493 e. The number of hydrogen-bond donors (Lipinski definition) is 0. The van der Waals surface area contributed by atoms with Crippen molar-refractivity contribution in [1.82, 2.24) is 0 Å². The number of ketones is 1. The lowest BCUT2D eigenvalue weighted by molar-refractivity contribution is 0.103. The van der Waals surface area contributed by atoms with Gasteiger partial charge in [-0.05, 0) is 23.6 Å². The van der Waals surface area contributed by atoms with E-state index in [1.54, 1.807) is 19.2 Å². The van der Waals surface area contributed by atoms with Crippen LogP contribution in [0.2, 0.25) is 0 Å². The van der Waals surface area contributed by atoms with Crippen LogP contribution in [0.3, 0.4) is 0 Å². The molecular weight excluding hydrogens is 292 g/mol. The van der Waals surface area contributed by atoms with Crippen molar-refractivity contribution >= 4 is 5.78 Å². The number of ether oxygens (including phenoxy) is 3. The molecular formula is C19H22O4. The summed E-state index contributed by atoms with van der Waals surface area (Å²) in [6, 6.07) is 11.0. The van der Waals surface area contributed by atoms with E-state index in [4.69, 9.17) is 14.2 Å². The molecule has 0 atom stereocenters. The molecule has 0 aliphatic carbocycles. The third-order valence-corrected chi connectivity index (χ3v) is 3.79. The Labute approximate surface area is 137 Å². The van der Waals surface area contributed by atoms with Gasteiger partial charge in [0.05, 0.1) is 26.9 Å². The minimum atomic E-state index is -0.113. The summed E-state index contributed by atoms with van der Waals surface area (Å²) in [6.07, 6.45) is 0.